The van der Waals surface area contributed by atoms with Crippen molar-refractivity contribution in [2.45, 2.75) is 0 Å². The average Bonchev–Trinajstić information content (AvgIpc) is 2.23. The fraction of sp³-hybridized carbons (Fsp3) is 0. The highest BCUT2D eigenvalue weighted by Gasteiger charge is 2.20. The van der Waals surface area contributed by atoms with E-state index in [4.69, 9.17) is 9.66 Å². The number of rotatable bonds is 4. The summed E-state index contributed by atoms with van der Waals surface area (Å²) in [5, 5.41) is 8.56. The van der Waals surface area contributed by atoms with Crippen LogP contribution >= 0.6 is 0 Å². The standard InChI is InChI=1S/C11H10O5S/c12-11(13)10(17(14,15)16)8-4-7-9-5-2-1-3-6-9/h1-8H,(H,12,13)(H,14,15,16). The summed E-state index contributed by atoms with van der Waals surface area (Å²) in [6.45, 7) is 0. The van der Waals surface area contributed by atoms with Crippen LogP contribution in [-0.4, -0.2) is 24.0 Å². The van der Waals surface area contributed by atoms with E-state index >= 15 is 0 Å². The molecule has 0 aliphatic carbocycles. The highest BCUT2D eigenvalue weighted by molar-refractivity contribution is 7.90. The fourth-order valence-corrected chi connectivity index (χ4v) is 1.55. The Balaban J connectivity index is 2.96. The predicted octanol–water partition coefficient (Wildman–Crippen LogP) is 1.56. The Hall–Kier alpha value is -1.92. The molecule has 17 heavy (non-hydrogen) atoms. The Bertz CT molecular complexity index is 555. The lowest BCUT2D eigenvalue weighted by atomic mass is 10.2. The van der Waals surface area contributed by atoms with Crippen LogP contribution in [0.2, 0.25) is 0 Å². The molecule has 1 aromatic carbocycles. The molecule has 0 fully saturated rings. The van der Waals surface area contributed by atoms with E-state index in [1.165, 1.54) is 12.2 Å². The lowest BCUT2D eigenvalue weighted by Crippen LogP contribution is -2.11. The van der Waals surface area contributed by atoms with Crippen LogP contribution in [0.1, 0.15) is 5.56 Å². The lowest BCUT2D eigenvalue weighted by molar-refractivity contribution is -0.131. The van der Waals surface area contributed by atoms with Gasteiger partial charge < -0.3 is 5.11 Å². The van der Waals surface area contributed by atoms with Gasteiger partial charge in [0.2, 0.25) is 0 Å². The van der Waals surface area contributed by atoms with Gasteiger partial charge in [-0.15, -0.1) is 0 Å². The van der Waals surface area contributed by atoms with Gasteiger partial charge in [-0.3, -0.25) is 4.55 Å². The summed E-state index contributed by atoms with van der Waals surface area (Å²) in [7, 11) is -4.71. The van der Waals surface area contributed by atoms with E-state index in [9.17, 15) is 13.2 Å². The Morgan fingerprint density at radius 3 is 2.24 bits per heavy atom. The van der Waals surface area contributed by atoms with Crippen LogP contribution in [0.5, 0.6) is 0 Å². The molecule has 0 aromatic heterocycles. The predicted molar refractivity (Wildman–Crippen MR) is 62.7 cm³/mol. The summed E-state index contributed by atoms with van der Waals surface area (Å²) in [6.07, 6.45) is 3.59. The Morgan fingerprint density at radius 2 is 1.76 bits per heavy atom. The first-order valence-corrected chi connectivity index (χ1v) is 5.99. The zero-order valence-corrected chi connectivity index (χ0v) is 9.46. The van der Waals surface area contributed by atoms with E-state index in [2.05, 4.69) is 0 Å². The van der Waals surface area contributed by atoms with Crippen LogP contribution in [0.25, 0.3) is 6.08 Å². The van der Waals surface area contributed by atoms with Crippen LogP contribution in [0.4, 0.5) is 0 Å². The highest BCUT2D eigenvalue weighted by Crippen LogP contribution is 2.06. The molecule has 90 valence electrons. The van der Waals surface area contributed by atoms with Crippen molar-refractivity contribution < 1.29 is 22.9 Å². The van der Waals surface area contributed by atoms with Gasteiger partial charge in [0.1, 0.15) is 0 Å². The van der Waals surface area contributed by atoms with Gasteiger partial charge in [-0.25, -0.2) is 4.79 Å². The second-order valence-electron chi connectivity index (χ2n) is 3.08. The van der Waals surface area contributed by atoms with E-state index in [1.807, 2.05) is 6.07 Å². The first-order chi connectivity index (χ1) is 7.91. The minimum atomic E-state index is -4.71. The maximum Gasteiger partial charge on any atom is 0.349 e. The third kappa shape index (κ3) is 4.21. The molecule has 5 nitrogen and oxygen atoms in total. The zero-order chi connectivity index (χ0) is 12.9. The molecule has 0 spiro atoms. The summed E-state index contributed by atoms with van der Waals surface area (Å²) in [4.78, 5) is 9.48. The number of carbonyl (C=O) groups is 1. The van der Waals surface area contributed by atoms with Gasteiger partial charge in [0.25, 0.3) is 0 Å². The molecule has 0 saturated heterocycles. The smallest absolute Gasteiger partial charge is 0.349 e. The molecule has 1 aromatic rings. The van der Waals surface area contributed by atoms with Crippen molar-refractivity contribution >= 4 is 22.2 Å². The summed E-state index contributed by atoms with van der Waals surface area (Å²) < 4.78 is 30.0. The molecule has 0 atom stereocenters. The molecule has 1 rings (SSSR count). The van der Waals surface area contributed by atoms with Crippen molar-refractivity contribution in [1.82, 2.24) is 0 Å². The first-order valence-electron chi connectivity index (χ1n) is 4.55. The molecular formula is C11H10O5S. The molecular weight excluding hydrogens is 244 g/mol. The van der Waals surface area contributed by atoms with Crippen LogP contribution in [0.15, 0.2) is 47.4 Å². The van der Waals surface area contributed by atoms with Gasteiger partial charge in [-0.1, -0.05) is 42.5 Å². The van der Waals surface area contributed by atoms with Crippen molar-refractivity contribution in [3.05, 3.63) is 53.0 Å². The Kier molecular flexibility index (Phi) is 4.19. The quantitative estimate of drug-likeness (QED) is 0.483. The monoisotopic (exact) mass is 254 g/mol. The summed E-state index contributed by atoms with van der Waals surface area (Å²) in [5.41, 5.74) is 0.781. The topological polar surface area (TPSA) is 91.7 Å². The van der Waals surface area contributed by atoms with Crippen LogP contribution in [-0.2, 0) is 14.9 Å². The largest absolute Gasteiger partial charge is 0.477 e. The third-order valence-corrected chi connectivity index (χ3v) is 2.69. The first kappa shape index (κ1) is 13.1. The van der Waals surface area contributed by atoms with Crippen molar-refractivity contribution in [1.29, 1.82) is 0 Å². The summed E-state index contributed by atoms with van der Waals surface area (Å²) in [6, 6.07) is 8.90. The zero-order valence-electron chi connectivity index (χ0n) is 8.65. The van der Waals surface area contributed by atoms with Crippen LogP contribution in [0, 0.1) is 0 Å². The third-order valence-electron chi connectivity index (χ3n) is 1.82. The molecule has 0 heterocycles. The second kappa shape index (κ2) is 5.42. The van der Waals surface area contributed by atoms with E-state index in [1.54, 1.807) is 24.3 Å². The summed E-state index contributed by atoms with van der Waals surface area (Å²) >= 11 is 0. The van der Waals surface area contributed by atoms with Gasteiger partial charge in [-0.05, 0) is 11.6 Å². The SMILES string of the molecule is O=C(O)C(=CC=Cc1ccccc1)S(=O)(=O)O. The maximum absolute atomic E-state index is 10.7. The Morgan fingerprint density at radius 1 is 1.18 bits per heavy atom. The van der Waals surface area contributed by atoms with Gasteiger partial charge in [0.15, 0.2) is 4.91 Å². The van der Waals surface area contributed by atoms with Gasteiger partial charge in [0.05, 0.1) is 0 Å². The molecule has 0 amide bonds. The highest BCUT2D eigenvalue weighted by atomic mass is 32.2. The average molecular weight is 254 g/mol. The summed E-state index contributed by atoms with van der Waals surface area (Å²) in [5.74, 6) is -1.70. The van der Waals surface area contributed by atoms with Gasteiger partial charge in [-0.2, -0.15) is 8.42 Å². The van der Waals surface area contributed by atoms with Crippen LogP contribution < -0.4 is 0 Å². The minimum Gasteiger partial charge on any atom is -0.477 e. The molecule has 0 unspecified atom stereocenters. The molecule has 0 saturated carbocycles. The number of carboxylic acid groups (broad SMARTS) is 1. The Labute approximate surface area is 98.5 Å². The van der Waals surface area contributed by atoms with E-state index in [0.717, 1.165) is 11.6 Å². The minimum absolute atomic E-state index is 0.781. The van der Waals surface area contributed by atoms with Crippen molar-refractivity contribution in [2.24, 2.45) is 0 Å². The molecule has 2 N–H and O–H groups in total. The number of carboxylic acids is 1. The van der Waals surface area contributed by atoms with E-state index < -0.39 is 21.0 Å². The molecule has 0 aliphatic heterocycles. The molecule has 0 aliphatic rings. The van der Waals surface area contributed by atoms with Crippen molar-refractivity contribution in [3.8, 4) is 0 Å². The molecule has 0 bridgehead atoms. The normalized spacial score (nSPS) is 12.9. The van der Waals surface area contributed by atoms with Gasteiger partial charge >= 0.3 is 16.1 Å². The number of allylic oxidation sites excluding steroid dienone is 2. The fourth-order valence-electron chi connectivity index (χ4n) is 1.08. The van der Waals surface area contributed by atoms with Crippen LogP contribution in [0.3, 0.4) is 0 Å². The number of hydrogen-bond acceptors (Lipinski definition) is 3. The van der Waals surface area contributed by atoms with E-state index in [0.29, 0.717) is 0 Å². The number of hydrogen-bond donors (Lipinski definition) is 2. The lowest BCUT2D eigenvalue weighted by Gasteiger charge is -1.95. The van der Waals surface area contributed by atoms with E-state index in [-0.39, 0.29) is 0 Å². The van der Waals surface area contributed by atoms with Crippen molar-refractivity contribution in [2.75, 3.05) is 0 Å². The molecule has 6 heteroatoms. The number of aliphatic carboxylic acids is 1. The second-order valence-corrected chi connectivity index (χ2v) is 4.47. The molecule has 0 radical (unpaired) electrons. The number of benzene rings is 1. The van der Waals surface area contributed by atoms with Gasteiger partial charge in [0, 0.05) is 0 Å². The van der Waals surface area contributed by atoms with Crippen molar-refractivity contribution in [3.63, 3.8) is 0 Å². The maximum atomic E-state index is 10.7.